The third-order valence-corrected chi connectivity index (χ3v) is 5.85. The van der Waals surface area contributed by atoms with Gasteiger partial charge in [0.1, 0.15) is 18.3 Å². The standard InChI is InChI=1S/C28H30O5/c1-30-25-17-24(29)26(31-18-21-11-5-2-6-12-21)28(33-20-23-15-9-4-10-16-23)27(25)32-19-22-13-7-3-8-14-22/h2-16,25-28H,17-20H2,1H3/t25-,26-,27-,28-/m0/s1. The molecule has 0 aromatic heterocycles. The SMILES string of the molecule is CO[C@H]1CC(=O)[C@H](OCc2ccccc2)[C@H](OCc2ccccc2)[C@H]1OCc1ccccc1. The molecule has 3 aromatic rings. The van der Waals surface area contributed by atoms with Crippen LogP contribution in [0.5, 0.6) is 0 Å². The van der Waals surface area contributed by atoms with Crippen molar-refractivity contribution in [1.82, 2.24) is 0 Å². The van der Waals surface area contributed by atoms with E-state index in [9.17, 15) is 4.79 Å². The summed E-state index contributed by atoms with van der Waals surface area (Å²) in [5.41, 5.74) is 3.07. The summed E-state index contributed by atoms with van der Waals surface area (Å²) in [6, 6.07) is 29.7. The largest absolute Gasteiger partial charge is 0.378 e. The van der Waals surface area contributed by atoms with E-state index in [0.29, 0.717) is 19.8 Å². The van der Waals surface area contributed by atoms with E-state index in [1.807, 2.05) is 91.0 Å². The molecular weight excluding hydrogens is 416 g/mol. The number of ether oxygens (including phenoxy) is 4. The van der Waals surface area contributed by atoms with E-state index in [-0.39, 0.29) is 12.2 Å². The van der Waals surface area contributed by atoms with Gasteiger partial charge in [-0.15, -0.1) is 0 Å². The van der Waals surface area contributed by atoms with Crippen LogP contribution in [-0.4, -0.2) is 37.3 Å². The van der Waals surface area contributed by atoms with Gasteiger partial charge >= 0.3 is 0 Å². The number of Topliss-reactive ketones (excluding diaryl/α,β-unsaturated/α-hetero) is 1. The number of carbonyl (C=O) groups excluding carboxylic acids is 1. The average molecular weight is 447 g/mol. The minimum Gasteiger partial charge on any atom is -0.378 e. The monoisotopic (exact) mass is 446 g/mol. The minimum absolute atomic E-state index is 0.0320. The van der Waals surface area contributed by atoms with E-state index in [0.717, 1.165) is 16.7 Å². The summed E-state index contributed by atoms with van der Waals surface area (Å²) in [6.07, 6.45) is -1.96. The number of carbonyl (C=O) groups is 1. The number of ketones is 1. The maximum atomic E-state index is 13.1. The van der Waals surface area contributed by atoms with Crippen molar-refractivity contribution in [3.63, 3.8) is 0 Å². The van der Waals surface area contributed by atoms with Crippen molar-refractivity contribution in [2.24, 2.45) is 0 Å². The molecule has 0 bridgehead atoms. The lowest BCUT2D eigenvalue weighted by Gasteiger charge is -2.40. The van der Waals surface area contributed by atoms with Crippen LogP contribution >= 0.6 is 0 Å². The molecule has 0 saturated heterocycles. The van der Waals surface area contributed by atoms with Crippen LogP contribution in [0.1, 0.15) is 23.1 Å². The number of methoxy groups -OCH3 is 1. The Kier molecular flexibility index (Phi) is 8.39. The van der Waals surface area contributed by atoms with Gasteiger partial charge in [0.2, 0.25) is 0 Å². The Morgan fingerprint density at radius 3 is 1.52 bits per heavy atom. The second kappa shape index (κ2) is 11.9. The summed E-state index contributed by atoms with van der Waals surface area (Å²) >= 11 is 0. The summed E-state index contributed by atoms with van der Waals surface area (Å²) in [7, 11) is 1.61. The average Bonchev–Trinajstić information content (AvgIpc) is 2.87. The van der Waals surface area contributed by atoms with Gasteiger partial charge < -0.3 is 18.9 Å². The van der Waals surface area contributed by atoms with Gasteiger partial charge in [-0.2, -0.15) is 0 Å². The topological polar surface area (TPSA) is 54.0 Å². The number of rotatable bonds is 10. The summed E-state index contributed by atoms with van der Waals surface area (Å²) in [5, 5.41) is 0. The quantitative estimate of drug-likeness (QED) is 0.451. The predicted molar refractivity (Wildman–Crippen MR) is 125 cm³/mol. The van der Waals surface area contributed by atoms with Gasteiger partial charge in [0.25, 0.3) is 0 Å². The molecular formula is C28H30O5. The van der Waals surface area contributed by atoms with E-state index < -0.39 is 24.4 Å². The summed E-state index contributed by atoms with van der Waals surface area (Å²) < 4.78 is 24.5. The lowest BCUT2D eigenvalue weighted by molar-refractivity contribution is -0.205. The number of hydrogen-bond acceptors (Lipinski definition) is 5. The molecule has 1 aliphatic rings. The Morgan fingerprint density at radius 2 is 1.06 bits per heavy atom. The van der Waals surface area contributed by atoms with Crippen LogP contribution in [0.4, 0.5) is 0 Å². The van der Waals surface area contributed by atoms with Crippen molar-refractivity contribution >= 4 is 5.78 Å². The Labute approximate surface area is 195 Å². The van der Waals surface area contributed by atoms with Gasteiger partial charge in [0.15, 0.2) is 5.78 Å². The molecule has 0 aliphatic heterocycles. The van der Waals surface area contributed by atoms with Crippen LogP contribution in [0.15, 0.2) is 91.0 Å². The van der Waals surface area contributed by atoms with E-state index in [4.69, 9.17) is 18.9 Å². The first-order valence-corrected chi connectivity index (χ1v) is 11.3. The molecule has 0 unspecified atom stereocenters. The zero-order chi connectivity index (χ0) is 22.9. The fraction of sp³-hybridized carbons (Fsp3) is 0.321. The van der Waals surface area contributed by atoms with Crippen molar-refractivity contribution in [2.45, 2.75) is 50.7 Å². The fourth-order valence-corrected chi connectivity index (χ4v) is 4.08. The lowest BCUT2D eigenvalue weighted by Crippen LogP contribution is -2.57. The van der Waals surface area contributed by atoms with Crippen molar-refractivity contribution in [3.05, 3.63) is 108 Å². The molecule has 1 fully saturated rings. The molecule has 1 aliphatic carbocycles. The van der Waals surface area contributed by atoms with Crippen molar-refractivity contribution < 1.29 is 23.7 Å². The molecule has 5 heteroatoms. The van der Waals surface area contributed by atoms with Crippen LogP contribution in [0, 0.1) is 0 Å². The highest BCUT2D eigenvalue weighted by atomic mass is 16.6. The zero-order valence-electron chi connectivity index (χ0n) is 18.8. The van der Waals surface area contributed by atoms with Crippen LogP contribution in [0.2, 0.25) is 0 Å². The first-order chi connectivity index (χ1) is 16.2. The van der Waals surface area contributed by atoms with Gasteiger partial charge in [0.05, 0.1) is 25.9 Å². The van der Waals surface area contributed by atoms with Gasteiger partial charge in [-0.05, 0) is 16.7 Å². The molecule has 0 heterocycles. The maximum Gasteiger partial charge on any atom is 0.167 e. The molecule has 4 rings (SSSR count). The molecule has 0 spiro atoms. The Bertz CT molecular complexity index is 977. The maximum absolute atomic E-state index is 13.1. The van der Waals surface area contributed by atoms with Crippen molar-refractivity contribution in [2.75, 3.05) is 7.11 Å². The Balaban J connectivity index is 1.54. The third-order valence-electron chi connectivity index (χ3n) is 5.85. The summed E-state index contributed by atoms with van der Waals surface area (Å²) in [6.45, 7) is 1.08. The first kappa shape index (κ1) is 23.3. The van der Waals surface area contributed by atoms with Gasteiger partial charge in [-0.3, -0.25) is 4.79 Å². The van der Waals surface area contributed by atoms with Gasteiger partial charge in [-0.1, -0.05) is 91.0 Å². The van der Waals surface area contributed by atoms with Crippen LogP contribution < -0.4 is 0 Å². The highest BCUT2D eigenvalue weighted by Crippen LogP contribution is 2.29. The Hall–Kier alpha value is -2.83. The van der Waals surface area contributed by atoms with E-state index >= 15 is 0 Å². The number of hydrogen-bond donors (Lipinski definition) is 0. The lowest BCUT2D eigenvalue weighted by atomic mass is 9.87. The smallest absolute Gasteiger partial charge is 0.167 e. The summed E-state index contributed by atoms with van der Waals surface area (Å²) in [5.74, 6) is -0.0320. The third kappa shape index (κ3) is 6.36. The highest BCUT2D eigenvalue weighted by Gasteiger charge is 2.47. The second-order valence-electron chi connectivity index (χ2n) is 8.18. The molecule has 0 N–H and O–H groups in total. The second-order valence-corrected chi connectivity index (χ2v) is 8.18. The molecule has 0 radical (unpaired) electrons. The van der Waals surface area contributed by atoms with Crippen molar-refractivity contribution in [3.8, 4) is 0 Å². The molecule has 1 saturated carbocycles. The van der Waals surface area contributed by atoms with E-state index in [1.165, 1.54) is 0 Å². The summed E-state index contributed by atoms with van der Waals surface area (Å²) in [4.78, 5) is 13.1. The van der Waals surface area contributed by atoms with Gasteiger partial charge in [0, 0.05) is 13.5 Å². The molecule has 33 heavy (non-hydrogen) atoms. The normalized spacial score (nSPS) is 22.9. The van der Waals surface area contributed by atoms with Crippen LogP contribution in [-0.2, 0) is 43.6 Å². The molecule has 0 amide bonds. The van der Waals surface area contributed by atoms with Crippen LogP contribution in [0.3, 0.4) is 0 Å². The predicted octanol–water partition coefficient (Wildman–Crippen LogP) is 4.73. The first-order valence-electron chi connectivity index (χ1n) is 11.3. The van der Waals surface area contributed by atoms with Crippen molar-refractivity contribution in [1.29, 1.82) is 0 Å². The van der Waals surface area contributed by atoms with E-state index in [1.54, 1.807) is 7.11 Å². The van der Waals surface area contributed by atoms with Gasteiger partial charge in [-0.25, -0.2) is 0 Å². The molecule has 4 atom stereocenters. The number of benzene rings is 3. The minimum atomic E-state index is -0.735. The zero-order valence-corrected chi connectivity index (χ0v) is 18.8. The fourth-order valence-electron chi connectivity index (χ4n) is 4.08. The molecule has 172 valence electrons. The highest BCUT2D eigenvalue weighted by molar-refractivity contribution is 5.85. The molecule has 3 aromatic carbocycles. The molecule has 5 nitrogen and oxygen atoms in total. The van der Waals surface area contributed by atoms with E-state index in [2.05, 4.69) is 0 Å². The van der Waals surface area contributed by atoms with Crippen LogP contribution in [0.25, 0.3) is 0 Å². The Morgan fingerprint density at radius 1 is 0.636 bits per heavy atom.